The molecule has 3 N–H and O–H groups in total. The molecule has 0 spiro atoms. The zero-order chi connectivity index (χ0) is 9.80. The molecule has 0 saturated carbocycles. The Labute approximate surface area is 82.8 Å². The number of para-hydroxylation sites is 1. The van der Waals surface area contributed by atoms with Gasteiger partial charge in [-0.15, -0.1) is 0 Å². The van der Waals surface area contributed by atoms with Gasteiger partial charge in [-0.05, 0) is 18.6 Å². The lowest BCUT2D eigenvalue weighted by molar-refractivity contribution is 0.292. The summed E-state index contributed by atoms with van der Waals surface area (Å²) in [6.45, 7) is 1.02. The largest absolute Gasteiger partial charge is 0.396 e. The van der Waals surface area contributed by atoms with Gasteiger partial charge in [0, 0.05) is 24.1 Å². The van der Waals surface area contributed by atoms with Crippen molar-refractivity contribution in [2.24, 2.45) is 0 Å². The summed E-state index contributed by atoms with van der Waals surface area (Å²) < 4.78 is 0. The monoisotopic (exact) mass is 190 g/mol. The van der Waals surface area contributed by atoms with E-state index in [1.165, 1.54) is 5.39 Å². The van der Waals surface area contributed by atoms with Crippen molar-refractivity contribution in [3.63, 3.8) is 0 Å². The molecular weight excluding hydrogens is 176 g/mol. The summed E-state index contributed by atoms with van der Waals surface area (Å²) in [7, 11) is 0. The minimum absolute atomic E-state index is 0.229. The van der Waals surface area contributed by atoms with Crippen LogP contribution in [0.5, 0.6) is 0 Å². The highest BCUT2D eigenvalue weighted by Gasteiger charge is 1.97. The van der Waals surface area contributed by atoms with Gasteiger partial charge in [-0.1, -0.05) is 18.2 Å². The van der Waals surface area contributed by atoms with Gasteiger partial charge in [0.1, 0.15) is 5.82 Å². The van der Waals surface area contributed by atoms with Gasteiger partial charge in [0.05, 0.1) is 0 Å². The van der Waals surface area contributed by atoms with E-state index in [4.69, 9.17) is 5.11 Å². The number of aromatic amines is 1. The molecule has 2 rings (SSSR count). The van der Waals surface area contributed by atoms with E-state index >= 15 is 0 Å². The van der Waals surface area contributed by atoms with Crippen LogP contribution < -0.4 is 5.32 Å². The molecule has 0 radical (unpaired) electrons. The molecule has 2 aromatic rings. The highest BCUT2D eigenvalue weighted by molar-refractivity contribution is 5.83. The maximum atomic E-state index is 8.63. The maximum Gasteiger partial charge on any atom is 0.104 e. The zero-order valence-electron chi connectivity index (χ0n) is 7.96. The summed E-state index contributed by atoms with van der Waals surface area (Å²) in [4.78, 5) is 3.26. The number of hydrogen-bond acceptors (Lipinski definition) is 2. The molecule has 0 aliphatic rings. The van der Waals surface area contributed by atoms with Crippen molar-refractivity contribution < 1.29 is 5.11 Å². The smallest absolute Gasteiger partial charge is 0.104 e. The van der Waals surface area contributed by atoms with E-state index in [-0.39, 0.29) is 6.61 Å². The van der Waals surface area contributed by atoms with Crippen molar-refractivity contribution in [1.29, 1.82) is 0 Å². The maximum absolute atomic E-state index is 8.63. The Bertz CT molecular complexity index is 375. The summed E-state index contributed by atoms with van der Waals surface area (Å²) in [6.07, 6.45) is 0.773. The van der Waals surface area contributed by atoms with Crippen LogP contribution in [-0.2, 0) is 0 Å². The summed E-state index contributed by atoms with van der Waals surface area (Å²) in [6, 6.07) is 10.2. The van der Waals surface area contributed by atoms with Crippen molar-refractivity contribution in [2.45, 2.75) is 6.42 Å². The molecule has 0 saturated heterocycles. The number of aliphatic hydroxyl groups is 1. The van der Waals surface area contributed by atoms with Crippen LogP contribution in [0.3, 0.4) is 0 Å². The SMILES string of the molecule is OCCCNc1cc2ccccc2[nH]1. The number of fused-ring (bicyclic) bond motifs is 1. The van der Waals surface area contributed by atoms with Crippen molar-refractivity contribution in [3.05, 3.63) is 30.3 Å². The molecule has 1 aromatic carbocycles. The Morgan fingerprint density at radius 2 is 2.14 bits per heavy atom. The highest BCUT2D eigenvalue weighted by Crippen LogP contribution is 2.17. The predicted octanol–water partition coefficient (Wildman–Crippen LogP) is 1.96. The molecule has 14 heavy (non-hydrogen) atoms. The van der Waals surface area contributed by atoms with Gasteiger partial charge in [-0.3, -0.25) is 0 Å². The summed E-state index contributed by atoms with van der Waals surface area (Å²) in [5, 5.41) is 13.1. The third kappa shape index (κ3) is 1.88. The summed E-state index contributed by atoms with van der Waals surface area (Å²) in [5.74, 6) is 1.01. The summed E-state index contributed by atoms with van der Waals surface area (Å²) in [5.41, 5.74) is 1.14. The number of nitrogens with one attached hydrogen (secondary N) is 2. The first-order valence-corrected chi connectivity index (χ1v) is 4.82. The van der Waals surface area contributed by atoms with Crippen LogP contribution in [0.25, 0.3) is 10.9 Å². The Morgan fingerprint density at radius 1 is 1.29 bits per heavy atom. The van der Waals surface area contributed by atoms with Crippen LogP contribution in [0.4, 0.5) is 5.82 Å². The molecule has 3 nitrogen and oxygen atoms in total. The van der Waals surface area contributed by atoms with E-state index in [2.05, 4.69) is 22.4 Å². The van der Waals surface area contributed by atoms with Crippen molar-refractivity contribution >= 4 is 16.7 Å². The minimum Gasteiger partial charge on any atom is -0.396 e. The normalized spacial score (nSPS) is 10.6. The van der Waals surface area contributed by atoms with E-state index in [0.717, 1.165) is 24.3 Å². The van der Waals surface area contributed by atoms with E-state index < -0.39 is 0 Å². The third-order valence-electron chi connectivity index (χ3n) is 2.18. The van der Waals surface area contributed by atoms with E-state index in [9.17, 15) is 0 Å². The number of aliphatic hydroxyl groups excluding tert-OH is 1. The molecule has 0 fully saturated rings. The van der Waals surface area contributed by atoms with Crippen LogP contribution in [0.2, 0.25) is 0 Å². The van der Waals surface area contributed by atoms with E-state index in [0.29, 0.717) is 0 Å². The lowest BCUT2D eigenvalue weighted by atomic mass is 10.2. The van der Waals surface area contributed by atoms with Crippen LogP contribution in [0.1, 0.15) is 6.42 Å². The van der Waals surface area contributed by atoms with Gasteiger partial charge >= 0.3 is 0 Å². The van der Waals surface area contributed by atoms with Gasteiger partial charge < -0.3 is 15.4 Å². The number of hydrogen-bond donors (Lipinski definition) is 3. The second kappa shape index (κ2) is 4.15. The molecule has 0 unspecified atom stereocenters. The third-order valence-corrected chi connectivity index (χ3v) is 2.18. The van der Waals surface area contributed by atoms with Gasteiger partial charge in [-0.25, -0.2) is 0 Å². The Hall–Kier alpha value is -1.48. The average Bonchev–Trinajstić information content (AvgIpc) is 2.60. The standard InChI is InChI=1S/C11H14N2O/c14-7-3-6-12-11-8-9-4-1-2-5-10(9)13-11/h1-2,4-5,8,12-14H,3,6-7H2. The Morgan fingerprint density at radius 3 is 2.93 bits per heavy atom. The van der Waals surface area contributed by atoms with Crippen LogP contribution in [0, 0.1) is 0 Å². The molecule has 74 valence electrons. The first-order valence-electron chi connectivity index (χ1n) is 4.82. The molecule has 1 aromatic heterocycles. The van der Waals surface area contributed by atoms with Crippen LogP contribution >= 0.6 is 0 Å². The van der Waals surface area contributed by atoms with Crippen molar-refractivity contribution in [3.8, 4) is 0 Å². The molecule has 1 heterocycles. The van der Waals surface area contributed by atoms with Crippen LogP contribution in [0.15, 0.2) is 30.3 Å². The first kappa shape index (κ1) is 9.09. The predicted molar refractivity (Wildman–Crippen MR) is 58.5 cm³/mol. The fourth-order valence-corrected chi connectivity index (χ4v) is 1.47. The molecule has 0 aliphatic carbocycles. The number of aromatic nitrogens is 1. The average molecular weight is 190 g/mol. The highest BCUT2D eigenvalue weighted by atomic mass is 16.3. The molecule has 3 heteroatoms. The Balaban J connectivity index is 2.11. The van der Waals surface area contributed by atoms with Crippen molar-refractivity contribution in [1.82, 2.24) is 4.98 Å². The first-order chi connectivity index (χ1) is 6.90. The van der Waals surface area contributed by atoms with Gasteiger partial charge in [0.15, 0.2) is 0 Å². The number of anilines is 1. The fraction of sp³-hybridized carbons (Fsp3) is 0.273. The topological polar surface area (TPSA) is 48.0 Å². The molecule has 0 amide bonds. The molecular formula is C11H14N2O. The molecule has 0 atom stereocenters. The van der Waals surface area contributed by atoms with E-state index in [1.807, 2.05) is 18.2 Å². The lowest BCUT2D eigenvalue weighted by Gasteiger charge is -2.00. The van der Waals surface area contributed by atoms with Gasteiger partial charge in [0.2, 0.25) is 0 Å². The fourth-order valence-electron chi connectivity index (χ4n) is 1.47. The zero-order valence-corrected chi connectivity index (χ0v) is 7.96. The second-order valence-electron chi connectivity index (χ2n) is 3.27. The number of rotatable bonds is 4. The lowest BCUT2D eigenvalue weighted by Crippen LogP contribution is -2.03. The quantitative estimate of drug-likeness (QED) is 0.645. The van der Waals surface area contributed by atoms with Crippen LogP contribution in [-0.4, -0.2) is 23.2 Å². The van der Waals surface area contributed by atoms with Gasteiger partial charge in [-0.2, -0.15) is 0 Å². The minimum atomic E-state index is 0.229. The Kier molecular flexibility index (Phi) is 2.70. The van der Waals surface area contributed by atoms with E-state index in [1.54, 1.807) is 0 Å². The number of benzene rings is 1. The molecule has 0 aliphatic heterocycles. The summed E-state index contributed by atoms with van der Waals surface area (Å²) >= 11 is 0. The van der Waals surface area contributed by atoms with Gasteiger partial charge in [0.25, 0.3) is 0 Å². The second-order valence-corrected chi connectivity index (χ2v) is 3.27. The molecule has 0 bridgehead atoms. The van der Waals surface area contributed by atoms with Crippen molar-refractivity contribution in [2.75, 3.05) is 18.5 Å². The number of H-pyrrole nitrogens is 1.